The Kier molecular flexibility index (Phi) is 3.73. The summed E-state index contributed by atoms with van der Waals surface area (Å²) in [5.74, 6) is 1.37. The molecule has 4 nitrogen and oxygen atoms in total. The van der Waals surface area contributed by atoms with Gasteiger partial charge in [0.1, 0.15) is 11.5 Å². The minimum absolute atomic E-state index is 0.613. The van der Waals surface area contributed by atoms with E-state index in [4.69, 9.17) is 0 Å². The molecule has 0 saturated carbocycles. The highest BCUT2D eigenvalue weighted by Gasteiger charge is 2.10. The van der Waals surface area contributed by atoms with Gasteiger partial charge in [-0.1, -0.05) is 0 Å². The zero-order valence-electron chi connectivity index (χ0n) is 9.33. The average molecular weight is 358 g/mol. The first-order valence-electron chi connectivity index (χ1n) is 4.95. The summed E-state index contributed by atoms with van der Waals surface area (Å²) >= 11 is 6.79. The Bertz CT molecular complexity index is 540. The van der Waals surface area contributed by atoms with E-state index >= 15 is 0 Å². The van der Waals surface area contributed by atoms with Crippen LogP contribution in [0.25, 0.3) is 11.5 Å². The summed E-state index contributed by atoms with van der Waals surface area (Å²) < 4.78 is 1.81. The van der Waals surface area contributed by atoms with Crippen LogP contribution in [0.5, 0.6) is 0 Å². The van der Waals surface area contributed by atoms with Crippen LogP contribution in [0.2, 0.25) is 0 Å². The highest BCUT2D eigenvalue weighted by Crippen LogP contribution is 2.25. The molecule has 2 aromatic heterocycles. The molecule has 0 spiro atoms. The molecule has 0 saturated heterocycles. The predicted octanol–water partition coefficient (Wildman–Crippen LogP) is 3.41. The van der Waals surface area contributed by atoms with Crippen molar-refractivity contribution in [1.29, 1.82) is 0 Å². The van der Waals surface area contributed by atoms with Gasteiger partial charge in [-0.15, -0.1) is 0 Å². The Balaban J connectivity index is 2.52. The van der Waals surface area contributed by atoms with Crippen molar-refractivity contribution in [1.82, 2.24) is 15.0 Å². The number of nitrogens with zero attached hydrogens (tertiary/aromatic N) is 3. The molecule has 88 valence electrons. The van der Waals surface area contributed by atoms with Gasteiger partial charge in [0.25, 0.3) is 0 Å². The Hall–Kier alpha value is -1.01. The van der Waals surface area contributed by atoms with E-state index < -0.39 is 0 Å². The van der Waals surface area contributed by atoms with Gasteiger partial charge in [-0.2, -0.15) is 0 Å². The topological polar surface area (TPSA) is 50.7 Å². The lowest BCUT2D eigenvalue weighted by atomic mass is 10.3. The van der Waals surface area contributed by atoms with E-state index in [1.54, 1.807) is 6.20 Å². The molecule has 0 fully saturated rings. The van der Waals surface area contributed by atoms with E-state index in [1.165, 1.54) is 0 Å². The first-order chi connectivity index (χ1) is 8.11. The molecule has 0 bridgehead atoms. The maximum atomic E-state index is 4.41. The number of hydrogen-bond donors (Lipinski definition) is 1. The molecule has 2 heterocycles. The molecule has 0 atom stereocenters. The molecule has 0 aliphatic heterocycles. The van der Waals surface area contributed by atoms with E-state index in [2.05, 4.69) is 52.1 Å². The normalized spacial score (nSPS) is 10.4. The van der Waals surface area contributed by atoms with Crippen LogP contribution >= 0.6 is 31.9 Å². The van der Waals surface area contributed by atoms with Crippen molar-refractivity contribution < 1.29 is 0 Å². The first kappa shape index (κ1) is 12.4. The van der Waals surface area contributed by atoms with Gasteiger partial charge in [0, 0.05) is 17.7 Å². The minimum Gasteiger partial charge on any atom is -0.372 e. The van der Waals surface area contributed by atoms with Crippen LogP contribution in [0.4, 0.5) is 5.82 Å². The molecule has 2 aromatic rings. The molecule has 0 aliphatic carbocycles. The monoisotopic (exact) mass is 356 g/mol. The zero-order chi connectivity index (χ0) is 12.4. The molecule has 0 amide bonds. The molecule has 6 heteroatoms. The van der Waals surface area contributed by atoms with Gasteiger partial charge in [0.05, 0.1) is 10.2 Å². The van der Waals surface area contributed by atoms with E-state index in [-0.39, 0.29) is 0 Å². The van der Waals surface area contributed by atoms with Crippen LogP contribution in [0.3, 0.4) is 0 Å². The highest BCUT2D eigenvalue weighted by atomic mass is 79.9. The SMILES string of the molecule is CNc1nc(-c2ccc(Br)cn2)nc(C)c1Br. The van der Waals surface area contributed by atoms with Crippen LogP contribution in [-0.4, -0.2) is 22.0 Å². The van der Waals surface area contributed by atoms with Crippen LogP contribution in [0, 0.1) is 6.92 Å². The molecule has 0 aromatic carbocycles. The van der Waals surface area contributed by atoms with Gasteiger partial charge >= 0.3 is 0 Å². The minimum atomic E-state index is 0.613. The quantitative estimate of drug-likeness (QED) is 0.894. The third-order valence-electron chi connectivity index (χ3n) is 2.21. The van der Waals surface area contributed by atoms with Crippen molar-refractivity contribution in [2.75, 3.05) is 12.4 Å². The second-order valence-electron chi connectivity index (χ2n) is 3.41. The third-order valence-corrected chi connectivity index (χ3v) is 3.63. The smallest absolute Gasteiger partial charge is 0.180 e. The molecule has 0 aliphatic rings. The lowest BCUT2D eigenvalue weighted by Gasteiger charge is -2.08. The van der Waals surface area contributed by atoms with Crippen molar-refractivity contribution in [2.24, 2.45) is 0 Å². The number of aromatic nitrogens is 3. The molecule has 0 radical (unpaired) electrons. The van der Waals surface area contributed by atoms with Crippen LogP contribution in [0.1, 0.15) is 5.69 Å². The van der Waals surface area contributed by atoms with Crippen molar-refractivity contribution in [3.05, 3.63) is 33.0 Å². The Morgan fingerprint density at radius 2 is 1.94 bits per heavy atom. The maximum Gasteiger partial charge on any atom is 0.180 e. The number of halogens is 2. The van der Waals surface area contributed by atoms with E-state index in [0.29, 0.717) is 5.82 Å². The number of rotatable bonds is 2. The summed E-state index contributed by atoms with van der Waals surface area (Å²) in [6.45, 7) is 1.93. The molecular formula is C11H10Br2N4. The summed E-state index contributed by atoms with van der Waals surface area (Å²) in [7, 11) is 1.82. The standard InChI is InChI=1S/C11H10Br2N4/c1-6-9(13)11(14-2)17-10(16-6)8-4-3-7(12)5-15-8/h3-5H,1-2H3,(H,14,16,17). The fourth-order valence-corrected chi connectivity index (χ4v) is 1.96. The van der Waals surface area contributed by atoms with Crippen molar-refractivity contribution in [2.45, 2.75) is 6.92 Å². The summed E-state index contributed by atoms with van der Waals surface area (Å²) in [4.78, 5) is 13.1. The highest BCUT2D eigenvalue weighted by molar-refractivity contribution is 9.10. The molecule has 17 heavy (non-hydrogen) atoms. The second-order valence-corrected chi connectivity index (χ2v) is 5.12. The number of nitrogens with one attached hydrogen (secondary N) is 1. The van der Waals surface area contributed by atoms with Gasteiger partial charge in [0.15, 0.2) is 5.82 Å². The maximum absolute atomic E-state index is 4.41. The fraction of sp³-hybridized carbons (Fsp3) is 0.182. The average Bonchev–Trinajstić information content (AvgIpc) is 2.33. The third kappa shape index (κ3) is 2.63. The lowest BCUT2D eigenvalue weighted by Crippen LogP contribution is -2.01. The van der Waals surface area contributed by atoms with Gasteiger partial charge < -0.3 is 5.32 Å². The van der Waals surface area contributed by atoms with Crippen molar-refractivity contribution in [3.8, 4) is 11.5 Å². The van der Waals surface area contributed by atoms with Gasteiger partial charge in [-0.25, -0.2) is 9.97 Å². The summed E-state index contributed by atoms with van der Waals surface area (Å²) in [6.07, 6.45) is 1.73. The van der Waals surface area contributed by atoms with Crippen LogP contribution in [-0.2, 0) is 0 Å². The number of aryl methyl sites for hydroxylation is 1. The summed E-state index contributed by atoms with van der Waals surface area (Å²) in [6, 6.07) is 3.80. The zero-order valence-corrected chi connectivity index (χ0v) is 12.5. The van der Waals surface area contributed by atoms with Crippen molar-refractivity contribution in [3.63, 3.8) is 0 Å². The van der Waals surface area contributed by atoms with E-state index in [0.717, 1.165) is 26.2 Å². The number of pyridine rings is 1. The largest absolute Gasteiger partial charge is 0.372 e. The number of hydrogen-bond acceptors (Lipinski definition) is 4. The first-order valence-corrected chi connectivity index (χ1v) is 6.54. The number of anilines is 1. The fourth-order valence-electron chi connectivity index (χ4n) is 1.35. The second kappa shape index (κ2) is 5.10. The Morgan fingerprint density at radius 3 is 2.53 bits per heavy atom. The van der Waals surface area contributed by atoms with E-state index in [9.17, 15) is 0 Å². The summed E-state index contributed by atoms with van der Waals surface area (Å²) in [5, 5.41) is 3.02. The molecule has 0 unspecified atom stereocenters. The molecule has 2 rings (SSSR count). The Labute approximate surface area is 116 Å². The van der Waals surface area contributed by atoms with Crippen molar-refractivity contribution >= 4 is 37.7 Å². The van der Waals surface area contributed by atoms with Gasteiger partial charge in [-0.3, -0.25) is 4.98 Å². The molecular weight excluding hydrogens is 348 g/mol. The Morgan fingerprint density at radius 1 is 1.18 bits per heavy atom. The van der Waals surface area contributed by atoms with Crippen LogP contribution in [0.15, 0.2) is 27.3 Å². The van der Waals surface area contributed by atoms with Gasteiger partial charge in [-0.05, 0) is 50.9 Å². The molecule has 1 N–H and O–H groups in total. The lowest BCUT2D eigenvalue weighted by molar-refractivity contribution is 1.07. The van der Waals surface area contributed by atoms with Crippen LogP contribution < -0.4 is 5.32 Å². The summed E-state index contributed by atoms with van der Waals surface area (Å²) in [5.41, 5.74) is 1.63. The van der Waals surface area contributed by atoms with Gasteiger partial charge in [0.2, 0.25) is 0 Å². The predicted molar refractivity (Wildman–Crippen MR) is 74.9 cm³/mol. The van der Waals surface area contributed by atoms with E-state index in [1.807, 2.05) is 26.1 Å².